The van der Waals surface area contributed by atoms with E-state index in [-0.39, 0.29) is 0 Å². The van der Waals surface area contributed by atoms with Gasteiger partial charge in [0.2, 0.25) is 0 Å². The van der Waals surface area contributed by atoms with Gasteiger partial charge in [0.25, 0.3) is 0 Å². The monoisotopic (exact) mass is 396 g/mol. The normalized spacial score (nSPS) is 12.7. The molecule has 1 unspecified atom stereocenters. The predicted octanol–water partition coefficient (Wildman–Crippen LogP) is 5.61. The molecule has 0 aliphatic rings. The van der Waals surface area contributed by atoms with Crippen LogP contribution in [0.3, 0.4) is 0 Å². The van der Waals surface area contributed by atoms with Crippen LogP contribution < -0.4 is 0 Å². The Balaban J connectivity index is 2.14. The summed E-state index contributed by atoms with van der Waals surface area (Å²) >= 11 is 6.94. The van der Waals surface area contributed by atoms with E-state index in [1.807, 2.05) is 18.2 Å². The summed E-state index contributed by atoms with van der Waals surface area (Å²) in [5.41, 5.74) is 3.38. The molecule has 2 rings (SSSR count). The Morgan fingerprint density at radius 1 is 1.00 bits per heavy atom. The van der Waals surface area contributed by atoms with Crippen LogP contribution in [0.4, 0.5) is 0 Å². The fourth-order valence-electron chi connectivity index (χ4n) is 2.14. The minimum absolute atomic E-state index is 0.508. The van der Waals surface area contributed by atoms with Crippen molar-refractivity contribution in [1.29, 1.82) is 0 Å². The summed E-state index contributed by atoms with van der Waals surface area (Å²) in [5.74, 6) is 0.535. The number of halogens is 2. The molecule has 0 heterocycles. The van der Waals surface area contributed by atoms with Gasteiger partial charge in [0.15, 0.2) is 0 Å². The third kappa shape index (κ3) is 3.94. The zero-order valence-electron chi connectivity index (χ0n) is 11.6. The van der Waals surface area contributed by atoms with Gasteiger partial charge in [-0.25, -0.2) is 0 Å². The molecule has 106 valence electrons. The molecule has 1 atom stereocenters. The van der Waals surface area contributed by atoms with Crippen LogP contribution >= 0.6 is 31.9 Å². The maximum Gasteiger partial charge on any atom is 0.0841 e. The van der Waals surface area contributed by atoms with Gasteiger partial charge in [-0.3, -0.25) is 0 Å². The van der Waals surface area contributed by atoms with Crippen molar-refractivity contribution in [3.8, 4) is 0 Å². The van der Waals surface area contributed by atoms with E-state index < -0.39 is 6.10 Å². The molecule has 20 heavy (non-hydrogen) atoms. The summed E-state index contributed by atoms with van der Waals surface area (Å²) < 4.78 is 1.91. The average molecular weight is 398 g/mol. The molecular weight excluding hydrogens is 380 g/mol. The molecule has 1 N–H and O–H groups in total. The Hall–Kier alpha value is -0.640. The van der Waals surface area contributed by atoms with Crippen LogP contribution in [0.5, 0.6) is 0 Å². The zero-order valence-corrected chi connectivity index (χ0v) is 14.8. The van der Waals surface area contributed by atoms with Crippen LogP contribution in [-0.2, 0) is 6.42 Å². The van der Waals surface area contributed by atoms with Crippen LogP contribution in [0, 0.1) is 0 Å². The van der Waals surface area contributed by atoms with Gasteiger partial charge in [0, 0.05) is 15.4 Å². The molecule has 0 spiro atoms. The lowest BCUT2D eigenvalue weighted by molar-refractivity contribution is 0.177. The first kappa shape index (κ1) is 15.7. The van der Waals surface area contributed by atoms with Crippen LogP contribution in [0.1, 0.15) is 42.6 Å². The van der Waals surface area contributed by atoms with Crippen LogP contribution in [-0.4, -0.2) is 5.11 Å². The number of aliphatic hydroxyl groups is 1. The lowest BCUT2D eigenvalue weighted by Crippen LogP contribution is -2.03. The van der Waals surface area contributed by atoms with Gasteiger partial charge < -0.3 is 5.11 Å². The molecule has 0 aliphatic carbocycles. The Morgan fingerprint density at radius 3 is 2.25 bits per heavy atom. The van der Waals surface area contributed by atoms with Crippen molar-refractivity contribution in [3.63, 3.8) is 0 Å². The van der Waals surface area contributed by atoms with Gasteiger partial charge in [0.05, 0.1) is 6.10 Å². The second kappa shape index (κ2) is 6.88. The predicted molar refractivity (Wildman–Crippen MR) is 91.0 cm³/mol. The van der Waals surface area contributed by atoms with E-state index in [1.165, 1.54) is 5.56 Å². The van der Waals surface area contributed by atoms with Crippen molar-refractivity contribution in [1.82, 2.24) is 0 Å². The number of hydrogen-bond acceptors (Lipinski definition) is 1. The van der Waals surface area contributed by atoms with Gasteiger partial charge in [-0.1, -0.05) is 70.0 Å². The first-order valence-corrected chi connectivity index (χ1v) is 8.28. The maximum absolute atomic E-state index is 10.4. The molecule has 2 aromatic carbocycles. The van der Waals surface area contributed by atoms with E-state index in [2.05, 4.69) is 70.0 Å². The molecule has 0 aliphatic heterocycles. The van der Waals surface area contributed by atoms with Crippen molar-refractivity contribution in [2.45, 2.75) is 32.3 Å². The third-order valence-electron chi connectivity index (χ3n) is 3.39. The minimum atomic E-state index is -0.508. The number of aliphatic hydroxyl groups excluding tert-OH is 1. The largest absolute Gasteiger partial charge is 0.388 e. The Morgan fingerprint density at radius 2 is 1.65 bits per heavy atom. The van der Waals surface area contributed by atoms with Crippen molar-refractivity contribution < 1.29 is 5.11 Å². The molecule has 0 saturated heterocycles. The smallest absolute Gasteiger partial charge is 0.0841 e. The second-order valence-electron chi connectivity index (χ2n) is 5.28. The van der Waals surface area contributed by atoms with Gasteiger partial charge in [-0.15, -0.1) is 0 Å². The zero-order chi connectivity index (χ0) is 14.7. The van der Waals surface area contributed by atoms with Gasteiger partial charge >= 0.3 is 0 Å². The molecular formula is C17H18Br2O. The Labute approximate surface area is 137 Å². The maximum atomic E-state index is 10.4. The van der Waals surface area contributed by atoms with E-state index in [0.29, 0.717) is 12.3 Å². The van der Waals surface area contributed by atoms with Crippen molar-refractivity contribution in [2.75, 3.05) is 0 Å². The Kier molecular flexibility index (Phi) is 5.42. The standard InChI is InChI=1S/C17H18Br2O/c1-11(2)13-5-3-12(4-6-13)9-17(20)15-10-14(18)7-8-16(15)19/h3-8,10-11,17,20H,9H2,1-2H3. The second-order valence-corrected chi connectivity index (χ2v) is 7.05. The topological polar surface area (TPSA) is 20.2 Å². The van der Waals surface area contributed by atoms with Crippen molar-refractivity contribution >= 4 is 31.9 Å². The highest BCUT2D eigenvalue weighted by Gasteiger charge is 2.13. The molecule has 1 nitrogen and oxygen atoms in total. The van der Waals surface area contributed by atoms with Crippen LogP contribution in [0.15, 0.2) is 51.4 Å². The lowest BCUT2D eigenvalue weighted by atomic mass is 9.97. The molecule has 0 fully saturated rings. The number of benzene rings is 2. The summed E-state index contributed by atoms with van der Waals surface area (Å²) in [6.07, 6.45) is 0.111. The summed E-state index contributed by atoms with van der Waals surface area (Å²) in [6.45, 7) is 4.37. The molecule has 2 aromatic rings. The van der Waals surface area contributed by atoms with Gasteiger partial charge in [-0.05, 0) is 40.8 Å². The van der Waals surface area contributed by atoms with E-state index in [1.54, 1.807) is 0 Å². The molecule has 0 saturated carbocycles. The SMILES string of the molecule is CC(C)c1ccc(CC(O)c2cc(Br)ccc2Br)cc1. The highest BCUT2D eigenvalue weighted by atomic mass is 79.9. The minimum Gasteiger partial charge on any atom is -0.388 e. The quantitative estimate of drug-likeness (QED) is 0.710. The van der Waals surface area contributed by atoms with E-state index in [9.17, 15) is 5.11 Å². The third-order valence-corrected chi connectivity index (χ3v) is 4.61. The van der Waals surface area contributed by atoms with Crippen molar-refractivity contribution in [2.24, 2.45) is 0 Å². The van der Waals surface area contributed by atoms with E-state index in [0.717, 1.165) is 20.1 Å². The molecule has 0 bridgehead atoms. The molecule has 0 aromatic heterocycles. The molecule has 0 amide bonds. The van der Waals surface area contributed by atoms with Gasteiger partial charge in [0.1, 0.15) is 0 Å². The number of rotatable bonds is 4. The molecule has 3 heteroatoms. The summed E-state index contributed by atoms with van der Waals surface area (Å²) in [7, 11) is 0. The van der Waals surface area contributed by atoms with Crippen LogP contribution in [0.2, 0.25) is 0 Å². The lowest BCUT2D eigenvalue weighted by Gasteiger charge is -2.14. The van der Waals surface area contributed by atoms with Crippen molar-refractivity contribution in [3.05, 3.63) is 68.1 Å². The first-order valence-electron chi connectivity index (χ1n) is 6.69. The fraction of sp³-hybridized carbons (Fsp3) is 0.294. The summed E-state index contributed by atoms with van der Waals surface area (Å²) in [6, 6.07) is 14.3. The van der Waals surface area contributed by atoms with E-state index >= 15 is 0 Å². The Bertz CT molecular complexity index is 576. The van der Waals surface area contributed by atoms with E-state index in [4.69, 9.17) is 0 Å². The summed E-state index contributed by atoms with van der Waals surface area (Å²) in [5, 5.41) is 10.4. The average Bonchev–Trinajstić information content (AvgIpc) is 2.42. The number of hydrogen-bond donors (Lipinski definition) is 1. The highest BCUT2D eigenvalue weighted by Crippen LogP contribution is 2.29. The van der Waals surface area contributed by atoms with Gasteiger partial charge in [-0.2, -0.15) is 0 Å². The van der Waals surface area contributed by atoms with Crippen LogP contribution in [0.25, 0.3) is 0 Å². The fourth-order valence-corrected chi connectivity index (χ4v) is 3.03. The summed E-state index contributed by atoms with van der Waals surface area (Å²) in [4.78, 5) is 0. The highest BCUT2D eigenvalue weighted by molar-refractivity contribution is 9.11. The molecule has 0 radical (unpaired) electrons. The first-order chi connectivity index (χ1) is 9.47.